The summed E-state index contributed by atoms with van der Waals surface area (Å²) in [4.78, 5) is 31.7. The maximum Gasteiger partial charge on any atom is 0.374 e. The molecule has 0 spiro atoms. The molecule has 0 aliphatic carbocycles. The predicted molar refractivity (Wildman–Crippen MR) is 108 cm³/mol. The van der Waals surface area contributed by atoms with Crippen LogP contribution in [0.1, 0.15) is 38.1 Å². The topological polar surface area (TPSA) is 138 Å². The summed E-state index contributed by atoms with van der Waals surface area (Å²) in [6, 6.07) is 19.5. The van der Waals surface area contributed by atoms with E-state index in [9.17, 15) is 14.7 Å². The zero-order chi connectivity index (χ0) is 21.8. The van der Waals surface area contributed by atoms with Crippen molar-refractivity contribution in [3.8, 4) is 17.4 Å². The number of aromatic nitrogens is 3. The van der Waals surface area contributed by atoms with Crippen LogP contribution in [0.15, 0.2) is 77.4 Å². The molecule has 0 aliphatic rings. The molecular weight excluding hydrogens is 400 g/mol. The van der Waals surface area contributed by atoms with Crippen molar-refractivity contribution in [2.75, 3.05) is 0 Å². The number of nitrogens with one attached hydrogen (secondary N) is 1. The van der Waals surface area contributed by atoms with Gasteiger partial charge in [-0.25, -0.2) is 9.78 Å². The molecule has 0 aliphatic heterocycles. The Morgan fingerprint density at radius 3 is 2.10 bits per heavy atom. The SMILES string of the molecule is O=C(O)c1cc(-c2ncc(C(=O)NC(c3ccccc3)c3ccccc3)c(O)n2)no1. The van der Waals surface area contributed by atoms with E-state index in [0.29, 0.717) is 0 Å². The number of nitrogens with zero attached hydrogens (tertiary/aromatic N) is 3. The fourth-order valence-corrected chi connectivity index (χ4v) is 3.00. The first-order valence-electron chi connectivity index (χ1n) is 9.20. The minimum absolute atomic E-state index is 0.0195. The third kappa shape index (κ3) is 4.25. The number of rotatable bonds is 6. The molecule has 2 aromatic heterocycles. The van der Waals surface area contributed by atoms with Crippen LogP contribution >= 0.6 is 0 Å². The molecule has 0 unspecified atom stereocenters. The van der Waals surface area contributed by atoms with Crippen LogP contribution in [0.3, 0.4) is 0 Å². The smallest absolute Gasteiger partial charge is 0.374 e. The van der Waals surface area contributed by atoms with E-state index in [4.69, 9.17) is 5.11 Å². The molecule has 0 bridgehead atoms. The van der Waals surface area contributed by atoms with Gasteiger partial charge in [0, 0.05) is 12.3 Å². The maximum atomic E-state index is 12.9. The summed E-state index contributed by atoms with van der Waals surface area (Å²) in [5.41, 5.74) is 1.61. The Hall–Kier alpha value is -4.53. The number of carboxylic acids is 1. The lowest BCUT2D eigenvalue weighted by Crippen LogP contribution is -2.29. The first-order chi connectivity index (χ1) is 15.0. The lowest BCUT2D eigenvalue weighted by Gasteiger charge is -2.20. The zero-order valence-electron chi connectivity index (χ0n) is 16.0. The second kappa shape index (κ2) is 8.46. The number of amides is 1. The summed E-state index contributed by atoms with van der Waals surface area (Å²) in [5, 5.41) is 25.7. The Bertz CT molecular complexity index is 1190. The molecule has 154 valence electrons. The fraction of sp³-hybridized carbons (Fsp3) is 0.0455. The Morgan fingerprint density at radius 1 is 0.968 bits per heavy atom. The summed E-state index contributed by atoms with van der Waals surface area (Å²) in [6.07, 6.45) is 1.15. The monoisotopic (exact) mass is 416 g/mol. The van der Waals surface area contributed by atoms with Crippen molar-refractivity contribution in [3.63, 3.8) is 0 Å². The van der Waals surface area contributed by atoms with Gasteiger partial charge in [0.15, 0.2) is 11.5 Å². The van der Waals surface area contributed by atoms with Gasteiger partial charge in [-0.1, -0.05) is 65.8 Å². The zero-order valence-corrected chi connectivity index (χ0v) is 16.0. The second-order valence-corrected chi connectivity index (χ2v) is 6.54. The van der Waals surface area contributed by atoms with Gasteiger partial charge < -0.3 is 20.1 Å². The summed E-state index contributed by atoms with van der Waals surface area (Å²) in [6.45, 7) is 0. The summed E-state index contributed by atoms with van der Waals surface area (Å²) < 4.78 is 4.66. The quantitative estimate of drug-likeness (QED) is 0.436. The highest BCUT2D eigenvalue weighted by molar-refractivity contribution is 5.96. The molecule has 9 heteroatoms. The number of carboxylic acid groups (broad SMARTS) is 1. The Balaban J connectivity index is 1.61. The normalized spacial score (nSPS) is 10.7. The van der Waals surface area contributed by atoms with Crippen LogP contribution in [0.2, 0.25) is 0 Å². The second-order valence-electron chi connectivity index (χ2n) is 6.54. The van der Waals surface area contributed by atoms with Crippen LogP contribution in [0.25, 0.3) is 11.5 Å². The van der Waals surface area contributed by atoms with Crippen LogP contribution in [0.4, 0.5) is 0 Å². The third-order valence-electron chi connectivity index (χ3n) is 4.50. The van der Waals surface area contributed by atoms with Crippen molar-refractivity contribution in [2.24, 2.45) is 0 Å². The standard InChI is InChI=1S/C22H16N4O5/c27-20(24-18(13-7-3-1-4-8-13)14-9-5-2-6-10-14)15-12-23-19(25-21(15)28)16-11-17(22(29)30)31-26-16/h1-12,18H,(H,24,27)(H,29,30)(H,23,25,28). The minimum Gasteiger partial charge on any atom is -0.493 e. The molecule has 4 rings (SSSR count). The van der Waals surface area contributed by atoms with Gasteiger partial charge in [-0.15, -0.1) is 0 Å². The van der Waals surface area contributed by atoms with Gasteiger partial charge >= 0.3 is 5.97 Å². The highest BCUT2D eigenvalue weighted by Gasteiger charge is 2.22. The molecule has 0 atom stereocenters. The molecule has 3 N–H and O–H groups in total. The molecule has 4 aromatic rings. The third-order valence-corrected chi connectivity index (χ3v) is 4.50. The summed E-state index contributed by atoms with van der Waals surface area (Å²) >= 11 is 0. The van der Waals surface area contributed by atoms with Gasteiger partial charge in [0.05, 0.1) is 6.04 Å². The van der Waals surface area contributed by atoms with Crippen LogP contribution in [0, 0.1) is 0 Å². The van der Waals surface area contributed by atoms with Crippen LogP contribution in [-0.4, -0.2) is 37.2 Å². The first kappa shape index (κ1) is 19.8. The average molecular weight is 416 g/mol. The summed E-state index contributed by atoms with van der Waals surface area (Å²) in [5.74, 6) is -2.91. The summed E-state index contributed by atoms with van der Waals surface area (Å²) in [7, 11) is 0. The fourth-order valence-electron chi connectivity index (χ4n) is 3.00. The van der Waals surface area contributed by atoms with Crippen molar-refractivity contribution in [1.29, 1.82) is 0 Å². The molecule has 2 heterocycles. The van der Waals surface area contributed by atoms with E-state index in [1.54, 1.807) is 0 Å². The number of hydrogen-bond acceptors (Lipinski definition) is 7. The van der Waals surface area contributed by atoms with Crippen LogP contribution in [-0.2, 0) is 0 Å². The minimum atomic E-state index is -1.30. The Morgan fingerprint density at radius 2 is 1.58 bits per heavy atom. The molecular formula is C22H16N4O5. The molecule has 0 radical (unpaired) electrons. The van der Waals surface area contributed by atoms with Crippen molar-refractivity contribution in [2.45, 2.75) is 6.04 Å². The van der Waals surface area contributed by atoms with E-state index >= 15 is 0 Å². The first-order valence-corrected chi connectivity index (χ1v) is 9.20. The van der Waals surface area contributed by atoms with E-state index < -0.39 is 29.6 Å². The van der Waals surface area contributed by atoms with E-state index in [1.807, 2.05) is 60.7 Å². The number of aromatic hydroxyl groups is 1. The van der Waals surface area contributed by atoms with Crippen LogP contribution < -0.4 is 5.32 Å². The predicted octanol–water partition coefficient (Wildman–Crippen LogP) is 3.05. The molecule has 0 saturated carbocycles. The number of carbonyl (C=O) groups is 2. The molecule has 9 nitrogen and oxygen atoms in total. The van der Waals surface area contributed by atoms with Gasteiger partial charge in [0.1, 0.15) is 5.56 Å². The van der Waals surface area contributed by atoms with Gasteiger partial charge in [0.25, 0.3) is 5.91 Å². The van der Waals surface area contributed by atoms with E-state index in [-0.39, 0.29) is 17.1 Å². The molecule has 1 amide bonds. The van der Waals surface area contributed by atoms with Gasteiger partial charge in [-0.2, -0.15) is 4.98 Å². The van der Waals surface area contributed by atoms with Crippen molar-refractivity contribution in [3.05, 3.63) is 95.4 Å². The highest BCUT2D eigenvalue weighted by Crippen LogP contribution is 2.24. The van der Waals surface area contributed by atoms with E-state index in [0.717, 1.165) is 23.4 Å². The van der Waals surface area contributed by atoms with Gasteiger partial charge in [-0.05, 0) is 11.1 Å². The van der Waals surface area contributed by atoms with Crippen molar-refractivity contribution < 1.29 is 24.3 Å². The van der Waals surface area contributed by atoms with Crippen molar-refractivity contribution >= 4 is 11.9 Å². The van der Waals surface area contributed by atoms with E-state index in [1.165, 1.54) is 0 Å². The molecule has 0 saturated heterocycles. The molecule has 0 fully saturated rings. The van der Waals surface area contributed by atoms with E-state index in [2.05, 4.69) is 25.0 Å². The lowest BCUT2D eigenvalue weighted by atomic mass is 9.98. The average Bonchev–Trinajstić information content (AvgIpc) is 3.29. The number of carbonyl (C=O) groups excluding carboxylic acids is 1. The number of hydrogen-bond donors (Lipinski definition) is 3. The van der Waals surface area contributed by atoms with Crippen LogP contribution in [0.5, 0.6) is 5.88 Å². The Labute approximate surface area is 176 Å². The largest absolute Gasteiger partial charge is 0.493 e. The van der Waals surface area contributed by atoms with Gasteiger partial charge in [-0.3, -0.25) is 4.79 Å². The molecule has 31 heavy (non-hydrogen) atoms. The van der Waals surface area contributed by atoms with Gasteiger partial charge in [0.2, 0.25) is 11.6 Å². The number of aromatic carboxylic acids is 1. The Kier molecular flexibility index (Phi) is 5.39. The lowest BCUT2D eigenvalue weighted by molar-refractivity contribution is 0.0651. The van der Waals surface area contributed by atoms with Crippen molar-refractivity contribution in [1.82, 2.24) is 20.4 Å². The maximum absolute atomic E-state index is 12.9. The number of benzene rings is 2. The highest BCUT2D eigenvalue weighted by atomic mass is 16.5. The molecule has 2 aromatic carbocycles.